The second-order valence-electron chi connectivity index (χ2n) is 10.9. The predicted molar refractivity (Wildman–Crippen MR) is 160 cm³/mol. The molecule has 3 heterocycles. The van der Waals surface area contributed by atoms with Crippen molar-refractivity contribution in [2.75, 3.05) is 13.2 Å². The van der Waals surface area contributed by atoms with Crippen molar-refractivity contribution in [1.29, 1.82) is 0 Å². The van der Waals surface area contributed by atoms with E-state index in [0.717, 1.165) is 45.3 Å². The fourth-order valence-electron chi connectivity index (χ4n) is 6.56. The van der Waals surface area contributed by atoms with Gasteiger partial charge in [0.25, 0.3) is 0 Å². The summed E-state index contributed by atoms with van der Waals surface area (Å²) in [6.07, 6.45) is 8.77. The van der Waals surface area contributed by atoms with E-state index >= 15 is 0 Å². The SMILES string of the molecule is C=Cc1c(CCCCc2cccc3ccccc23)c2ccc(C)c3c2n1CCCCOCC1=C3C(C)NN1. The van der Waals surface area contributed by atoms with Crippen LogP contribution >= 0.6 is 0 Å². The maximum Gasteiger partial charge on any atom is 0.0879 e. The third-order valence-corrected chi connectivity index (χ3v) is 8.41. The van der Waals surface area contributed by atoms with E-state index in [2.05, 4.69) is 96.5 Å². The number of benzene rings is 3. The highest BCUT2D eigenvalue weighted by Crippen LogP contribution is 2.39. The Hall–Kier alpha value is -3.34. The summed E-state index contributed by atoms with van der Waals surface area (Å²) >= 11 is 0. The van der Waals surface area contributed by atoms with Crippen LogP contribution in [0.25, 0.3) is 33.3 Å². The van der Waals surface area contributed by atoms with Crippen LogP contribution in [0.1, 0.15) is 60.6 Å². The van der Waals surface area contributed by atoms with Gasteiger partial charge in [0.2, 0.25) is 0 Å². The van der Waals surface area contributed by atoms with Gasteiger partial charge < -0.3 is 14.7 Å². The van der Waals surface area contributed by atoms with Gasteiger partial charge >= 0.3 is 0 Å². The summed E-state index contributed by atoms with van der Waals surface area (Å²) in [6, 6.07) is 20.3. The molecule has 2 aliphatic heterocycles. The summed E-state index contributed by atoms with van der Waals surface area (Å²) in [5.74, 6) is 0. The molecule has 0 fully saturated rings. The molecule has 1 aromatic heterocycles. The standard InChI is InChI=1S/C34H39N3O/c1-4-31-28(17-8-6-13-26-15-11-14-25-12-5-7-16-27(25)26)29-19-18-23(2)32-33-24(3)35-36-30(33)22-38-21-10-9-20-37(31)34(29)32/h4-5,7,11-12,14-16,18-19,24,35-36H,1,6,8-10,13,17,20-22H2,2-3H3. The van der Waals surface area contributed by atoms with Crippen LogP contribution in [-0.2, 0) is 24.1 Å². The topological polar surface area (TPSA) is 38.2 Å². The lowest BCUT2D eigenvalue weighted by Crippen LogP contribution is -2.31. The van der Waals surface area contributed by atoms with E-state index in [4.69, 9.17) is 4.74 Å². The van der Waals surface area contributed by atoms with Crippen molar-refractivity contribution in [1.82, 2.24) is 15.4 Å². The molecule has 0 saturated carbocycles. The minimum atomic E-state index is 0.221. The van der Waals surface area contributed by atoms with Crippen LogP contribution in [0, 0.1) is 6.92 Å². The number of unbranched alkanes of at least 4 members (excludes halogenated alkanes) is 1. The smallest absolute Gasteiger partial charge is 0.0879 e. The Kier molecular flexibility index (Phi) is 7.10. The molecule has 0 radical (unpaired) electrons. The van der Waals surface area contributed by atoms with Gasteiger partial charge in [-0.3, -0.25) is 0 Å². The molecular formula is C34H39N3O. The summed E-state index contributed by atoms with van der Waals surface area (Å²) in [5, 5.41) is 4.11. The first-order valence-electron chi connectivity index (χ1n) is 14.2. The maximum atomic E-state index is 6.06. The largest absolute Gasteiger partial charge is 0.375 e. The minimum Gasteiger partial charge on any atom is -0.375 e. The summed E-state index contributed by atoms with van der Waals surface area (Å²) in [6.45, 7) is 11.2. The van der Waals surface area contributed by atoms with Gasteiger partial charge in [-0.15, -0.1) is 0 Å². The zero-order valence-corrected chi connectivity index (χ0v) is 22.8. The molecule has 0 spiro atoms. The van der Waals surface area contributed by atoms with Gasteiger partial charge in [0.05, 0.1) is 23.9 Å². The van der Waals surface area contributed by atoms with E-state index in [1.807, 2.05) is 0 Å². The van der Waals surface area contributed by atoms with Crippen molar-refractivity contribution >= 4 is 33.3 Å². The van der Waals surface area contributed by atoms with Gasteiger partial charge in [0, 0.05) is 35.4 Å². The molecule has 0 amide bonds. The number of fused-ring (bicyclic) bond motifs is 2. The Morgan fingerprint density at radius 1 is 1.00 bits per heavy atom. The Balaban J connectivity index is 1.37. The first kappa shape index (κ1) is 25.0. The van der Waals surface area contributed by atoms with E-state index in [9.17, 15) is 0 Å². The second kappa shape index (κ2) is 10.8. The molecule has 4 nitrogen and oxygen atoms in total. The van der Waals surface area contributed by atoms with Crippen LogP contribution in [-0.4, -0.2) is 23.8 Å². The molecule has 0 bridgehead atoms. The highest BCUT2D eigenvalue weighted by atomic mass is 16.5. The molecule has 1 atom stereocenters. The predicted octanol–water partition coefficient (Wildman–Crippen LogP) is 7.33. The third kappa shape index (κ3) is 4.46. The lowest BCUT2D eigenvalue weighted by atomic mass is 9.91. The second-order valence-corrected chi connectivity index (χ2v) is 10.9. The van der Waals surface area contributed by atoms with Gasteiger partial charge in [-0.05, 0) is 85.9 Å². The van der Waals surface area contributed by atoms with Gasteiger partial charge in [-0.1, -0.05) is 61.2 Å². The van der Waals surface area contributed by atoms with Crippen molar-refractivity contribution in [3.05, 3.63) is 94.8 Å². The lowest BCUT2D eigenvalue weighted by molar-refractivity contribution is 0.147. The minimum absolute atomic E-state index is 0.221. The Bertz CT molecular complexity index is 1520. The van der Waals surface area contributed by atoms with Crippen LogP contribution in [0.2, 0.25) is 0 Å². The molecule has 2 aliphatic rings. The number of nitrogens with zero attached hydrogens (tertiary/aromatic N) is 1. The average molecular weight is 506 g/mol. The molecule has 38 heavy (non-hydrogen) atoms. The maximum absolute atomic E-state index is 6.06. The quantitative estimate of drug-likeness (QED) is 0.270. The van der Waals surface area contributed by atoms with Crippen LogP contribution in [0.3, 0.4) is 0 Å². The monoisotopic (exact) mass is 505 g/mol. The number of hydrazine groups is 1. The highest BCUT2D eigenvalue weighted by Gasteiger charge is 2.28. The van der Waals surface area contributed by atoms with Crippen LogP contribution in [0.15, 0.2) is 66.9 Å². The van der Waals surface area contributed by atoms with Gasteiger partial charge in [0.15, 0.2) is 0 Å². The number of hydrogen-bond acceptors (Lipinski definition) is 3. The summed E-state index contributed by atoms with van der Waals surface area (Å²) in [5.41, 5.74) is 17.6. The number of rotatable bonds is 6. The van der Waals surface area contributed by atoms with Crippen molar-refractivity contribution in [2.24, 2.45) is 0 Å². The van der Waals surface area contributed by atoms with Crippen LogP contribution in [0.5, 0.6) is 0 Å². The van der Waals surface area contributed by atoms with Crippen LogP contribution in [0.4, 0.5) is 0 Å². The van der Waals surface area contributed by atoms with E-state index < -0.39 is 0 Å². The molecular weight excluding hydrogens is 466 g/mol. The fraction of sp³-hybridized carbons (Fsp3) is 0.353. The molecule has 0 saturated heterocycles. The van der Waals surface area contributed by atoms with E-state index in [1.54, 1.807) is 0 Å². The first-order valence-corrected chi connectivity index (χ1v) is 14.2. The van der Waals surface area contributed by atoms with Crippen LogP contribution < -0.4 is 10.9 Å². The molecule has 0 aliphatic carbocycles. The third-order valence-electron chi connectivity index (χ3n) is 8.41. The van der Waals surface area contributed by atoms with Gasteiger partial charge in [-0.25, -0.2) is 5.43 Å². The van der Waals surface area contributed by atoms with Gasteiger partial charge in [-0.2, -0.15) is 0 Å². The number of ether oxygens (including phenoxy) is 1. The Morgan fingerprint density at radius 3 is 2.74 bits per heavy atom. The number of aromatic nitrogens is 1. The van der Waals surface area contributed by atoms with Crippen molar-refractivity contribution in [3.8, 4) is 0 Å². The molecule has 2 N–H and O–H groups in total. The summed E-state index contributed by atoms with van der Waals surface area (Å²) < 4.78 is 8.62. The Morgan fingerprint density at radius 2 is 1.84 bits per heavy atom. The van der Waals surface area contributed by atoms with Crippen molar-refractivity contribution in [3.63, 3.8) is 0 Å². The highest BCUT2D eigenvalue weighted by molar-refractivity contribution is 5.99. The molecule has 1 unspecified atom stereocenters. The zero-order chi connectivity index (χ0) is 26.1. The zero-order valence-electron chi connectivity index (χ0n) is 22.8. The lowest BCUT2D eigenvalue weighted by Gasteiger charge is -2.17. The van der Waals surface area contributed by atoms with E-state index in [1.165, 1.54) is 67.3 Å². The molecule has 196 valence electrons. The number of nitrogens with one attached hydrogen (secondary N) is 2. The number of aryl methyl sites for hydroxylation is 4. The normalized spacial score (nSPS) is 17.9. The van der Waals surface area contributed by atoms with Gasteiger partial charge in [0.1, 0.15) is 0 Å². The fourth-order valence-corrected chi connectivity index (χ4v) is 6.56. The molecule has 6 rings (SSSR count). The molecule has 4 aromatic rings. The molecule has 3 aromatic carbocycles. The van der Waals surface area contributed by atoms with E-state index in [-0.39, 0.29) is 6.04 Å². The van der Waals surface area contributed by atoms with Crippen molar-refractivity contribution < 1.29 is 4.74 Å². The average Bonchev–Trinajstić information content (AvgIpc) is 3.43. The summed E-state index contributed by atoms with van der Waals surface area (Å²) in [7, 11) is 0. The number of hydrogen-bond donors (Lipinski definition) is 2. The summed E-state index contributed by atoms with van der Waals surface area (Å²) in [4.78, 5) is 0. The molecule has 4 heteroatoms. The van der Waals surface area contributed by atoms with E-state index in [0.29, 0.717) is 6.61 Å². The Labute approximate surface area is 226 Å². The first-order chi connectivity index (χ1) is 18.7. The van der Waals surface area contributed by atoms with Crippen molar-refractivity contribution in [2.45, 2.75) is 65.0 Å².